The van der Waals surface area contributed by atoms with E-state index in [1.807, 2.05) is 49.5 Å². The molecule has 0 amide bonds. The lowest BCUT2D eigenvalue weighted by atomic mass is 10.0. The van der Waals surface area contributed by atoms with Crippen LogP contribution in [-0.4, -0.2) is 18.7 Å². The first-order chi connectivity index (χ1) is 10.1. The number of hydrogen-bond acceptors (Lipinski definition) is 3. The molecule has 21 heavy (non-hydrogen) atoms. The minimum absolute atomic E-state index is 0.100. The third kappa shape index (κ3) is 3.73. The summed E-state index contributed by atoms with van der Waals surface area (Å²) in [5.41, 5.74) is 14.0. The molecule has 5 nitrogen and oxygen atoms in total. The molecule has 0 unspecified atom stereocenters. The predicted octanol–water partition coefficient (Wildman–Crippen LogP) is 2.41. The number of nitrogens with one attached hydrogen (secondary N) is 1. The third-order valence-electron chi connectivity index (χ3n) is 2.82. The molecule has 0 atom stereocenters. The number of guanidine groups is 1. The van der Waals surface area contributed by atoms with Crippen LogP contribution >= 0.6 is 11.6 Å². The maximum atomic E-state index is 6.10. The van der Waals surface area contributed by atoms with Crippen molar-refractivity contribution in [1.29, 1.82) is 0 Å². The maximum absolute atomic E-state index is 6.10. The van der Waals surface area contributed by atoms with Crippen molar-refractivity contribution in [2.45, 2.75) is 0 Å². The largest absolute Gasteiger partial charge is 0.388 e. The Labute approximate surface area is 128 Å². The Bertz CT molecular complexity index is 676. The van der Waals surface area contributed by atoms with Crippen LogP contribution in [0.1, 0.15) is 11.1 Å². The van der Waals surface area contributed by atoms with Crippen LogP contribution in [0.15, 0.2) is 58.7 Å². The number of nitrogens with two attached hydrogens (primary N) is 2. The molecular weight excluding hydrogens is 286 g/mol. The van der Waals surface area contributed by atoms with Crippen LogP contribution in [0.25, 0.3) is 0 Å². The summed E-state index contributed by atoms with van der Waals surface area (Å²) in [6.45, 7) is 0. The van der Waals surface area contributed by atoms with Gasteiger partial charge in [0.15, 0.2) is 0 Å². The Morgan fingerprint density at radius 3 is 2.38 bits per heavy atom. The predicted molar refractivity (Wildman–Crippen MR) is 88.9 cm³/mol. The van der Waals surface area contributed by atoms with Crippen LogP contribution < -0.4 is 16.8 Å². The van der Waals surface area contributed by atoms with Crippen LogP contribution in [0.4, 0.5) is 5.69 Å². The molecule has 0 aromatic heterocycles. The van der Waals surface area contributed by atoms with E-state index in [2.05, 4.69) is 15.5 Å². The van der Waals surface area contributed by atoms with Gasteiger partial charge in [-0.2, -0.15) is 0 Å². The zero-order chi connectivity index (χ0) is 15.2. The zero-order valence-corrected chi connectivity index (χ0v) is 12.3. The SMILES string of the molecule is CNc1ccc(Cl)cc1/C(=N/N=C(N)N)c1ccccc1. The fourth-order valence-corrected chi connectivity index (χ4v) is 2.07. The molecule has 0 aliphatic carbocycles. The van der Waals surface area contributed by atoms with Gasteiger partial charge in [0.2, 0.25) is 5.96 Å². The van der Waals surface area contributed by atoms with E-state index in [4.69, 9.17) is 23.1 Å². The lowest BCUT2D eigenvalue weighted by molar-refractivity contribution is 1.20. The standard InChI is InChI=1S/C15H16ClN5/c1-19-13-8-7-11(16)9-12(13)14(20-21-15(17)18)10-5-3-2-4-6-10/h2-9,19H,1H3,(H4,17,18,21)/b20-14+. The lowest BCUT2D eigenvalue weighted by Crippen LogP contribution is -2.22. The second-order valence-corrected chi connectivity index (χ2v) is 4.72. The minimum atomic E-state index is -0.100. The average Bonchev–Trinajstić information content (AvgIpc) is 2.48. The normalized spacial score (nSPS) is 11.0. The molecule has 0 spiro atoms. The minimum Gasteiger partial charge on any atom is -0.388 e. The van der Waals surface area contributed by atoms with Crippen molar-refractivity contribution in [3.8, 4) is 0 Å². The molecule has 0 saturated carbocycles. The quantitative estimate of drug-likeness (QED) is 0.460. The van der Waals surface area contributed by atoms with Gasteiger partial charge < -0.3 is 16.8 Å². The molecular formula is C15H16ClN5. The van der Waals surface area contributed by atoms with Crippen molar-refractivity contribution in [3.05, 3.63) is 64.7 Å². The number of halogens is 1. The smallest absolute Gasteiger partial charge is 0.211 e. The number of anilines is 1. The molecule has 0 saturated heterocycles. The topological polar surface area (TPSA) is 88.8 Å². The molecule has 0 bridgehead atoms. The first-order valence-electron chi connectivity index (χ1n) is 6.31. The number of hydrogen-bond donors (Lipinski definition) is 3. The third-order valence-corrected chi connectivity index (χ3v) is 3.05. The van der Waals surface area contributed by atoms with Crippen LogP contribution in [0.5, 0.6) is 0 Å². The average molecular weight is 302 g/mol. The molecule has 2 aromatic carbocycles. The van der Waals surface area contributed by atoms with Gasteiger partial charge in [0, 0.05) is 28.9 Å². The number of rotatable bonds is 4. The molecule has 2 rings (SSSR count). The molecule has 0 heterocycles. The fourth-order valence-electron chi connectivity index (χ4n) is 1.90. The summed E-state index contributed by atoms with van der Waals surface area (Å²) in [5.74, 6) is -0.100. The zero-order valence-electron chi connectivity index (χ0n) is 11.5. The summed E-state index contributed by atoms with van der Waals surface area (Å²) in [6, 6.07) is 15.1. The molecule has 0 fully saturated rings. The van der Waals surface area contributed by atoms with Crippen molar-refractivity contribution in [2.75, 3.05) is 12.4 Å². The summed E-state index contributed by atoms with van der Waals surface area (Å²) < 4.78 is 0. The molecule has 0 aliphatic heterocycles. The number of nitrogens with zero attached hydrogens (tertiary/aromatic N) is 2. The molecule has 0 radical (unpaired) electrons. The van der Waals surface area contributed by atoms with Gasteiger partial charge in [0.25, 0.3) is 0 Å². The van der Waals surface area contributed by atoms with Gasteiger partial charge in [-0.15, -0.1) is 10.2 Å². The van der Waals surface area contributed by atoms with E-state index in [1.165, 1.54) is 0 Å². The molecule has 2 aromatic rings. The Morgan fingerprint density at radius 1 is 1.05 bits per heavy atom. The molecule has 108 valence electrons. The van der Waals surface area contributed by atoms with Crippen molar-refractivity contribution < 1.29 is 0 Å². The highest BCUT2D eigenvalue weighted by molar-refractivity contribution is 6.31. The van der Waals surface area contributed by atoms with Crippen LogP contribution in [-0.2, 0) is 0 Å². The number of benzene rings is 2. The summed E-state index contributed by atoms with van der Waals surface area (Å²) >= 11 is 6.10. The fraction of sp³-hybridized carbons (Fsp3) is 0.0667. The summed E-state index contributed by atoms with van der Waals surface area (Å²) in [6.07, 6.45) is 0. The molecule has 5 N–H and O–H groups in total. The molecule has 0 aliphatic rings. The van der Waals surface area contributed by atoms with Gasteiger partial charge in [-0.1, -0.05) is 41.9 Å². The van der Waals surface area contributed by atoms with Crippen LogP contribution in [0.3, 0.4) is 0 Å². The van der Waals surface area contributed by atoms with Crippen molar-refractivity contribution >= 4 is 29.0 Å². The van der Waals surface area contributed by atoms with Gasteiger partial charge in [-0.05, 0) is 18.2 Å². The first kappa shape index (κ1) is 14.9. The van der Waals surface area contributed by atoms with E-state index in [1.54, 1.807) is 6.07 Å². The lowest BCUT2D eigenvalue weighted by Gasteiger charge is -2.12. The first-order valence-corrected chi connectivity index (χ1v) is 6.69. The van der Waals surface area contributed by atoms with E-state index in [0.717, 1.165) is 16.8 Å². The molecule has 6 heteroatoms. The highest BCUT2D eigenvalue weighted by Crippen LogP contribution is 2.24. The van der Waals surface area contributed by atoms with E-state index >= 15 is 0 Å². The van der Waals surface area contributed by atoms with E-state index in [0.29, 0.717) is 10.7 Å². The van der Waals surface area contributed by atoms with E-state index in [9.17, 15) is 0 Å². The van der Waals surface area contributed by atoms with Gasteiger partial charge in [-0.3, -0.25) is 0 Å². The Morgan fingerprint density at radius 2 is 1.76 bits per heavy atom. The maximum Gasteiger partial charge on any atom is 0.211 e. The van der Waals surface area contributed by atoms with Crippen LogP contribution in [0.2, 0.25) is 5.02 Å². The Hall–Kier alpha value is -2.53. The van der Waals surface area contributed by atoms with Crippen molar-refractivity contribution in [1.82, 2.24) is 0 Å². The second-order valence-electron chi connectivity index (χ2n) is 4.28. The van der Waals surface area contributed by atoms with Gasteiger partial charge in [0.1, 0.15) is 5.71 Å². The Balaban J connectivity index is 2.63. The second kappa shape index (κ2) is 6.76. The highest BCUT2D eigenvalue weighted by atomic mass is 35.5. The summed E-state index contributed by atoms with van der Waals surface area (Å²) in [4.78, 5) is 0. The summed E-state index contributed by atoms with van der Waals surface area (Å²) in [5, 5.41) is 11.7. The van der Waals surface area contributed by atoms with E-state index < -0.39 is 0 Å². The van der Waals surface area contributed by atoms with Crippen molar-refractivity contribution in [2.24, 2.45) is 21.7 Å². The van der Waals surface area contributed by atoms with Crippen molar-refractivity contribution in [3.63, 3.8) is 0 Å². The van der Waals surface area contributed by atoms with Gasteiger partial charge in [0.05, 0.1) is 0 Å². The van der Waals surface area contributed by atoms with Gasteiger partial charge in [-0.25, -0.2) is 0 Å². The monoisotopic (exact) mass is 301 g/mol. The van der Waals surface area contributed by atoms with Gasteiger partial charge >= 0.3 is 0 Å². The van der Waals surface area contributed by atoms with E-state index in [-0.39, 0.29) is 5.96 Å². The van der Waals surface area contributed by atoms with Crippen LogP contribution in [0, 0.1) is 0 Å². The Kier molecular flexibility index (Phi) is 4.79. The highest BCUT2D eigenvalue weighted by Gasteiger charge is 2.12. The summed E-state index contributed by atoms with van der Waals surface area (Å²) in [7, 11) is 1.83.